The van der Waals surface area contributed by atoms with Crippen molar-refractivity contribution in [3.05, 3.63) is 64.2 Å². The lowest BCUT2D eigenvalue weighted by Gasteiger charge is -2.18. The van der Waals surface area contributed by atoms with E-state index >= 15 is 0 Å². The van der Waals surface area contributed by atoms with Gasteiger partial charge in [-0.1, -0.05) is 6.07 Å². The van der Waals surface area contributed by atoms with Crippen molar-refractivity contribution in [1.29, 1.82) is 0 Å². The Kier molecular flexibility index (Phi) is 5.62. The lowest BCUT2D eigenvalue weighted by Crippen LogP contribution is -2.24. The van der Waals surface area contributed by atoms with Crippen LogP contribution in [0, 0.1) is 0 Å². The van der Waals surface area contributed by atoms with Gasteiger partial charge in [-0.15, -0.1) is 0 Å². The summed E-state index contributed by atoms with van der Waals surface area (Å²) in [6, 6.07) is 9.70. The van der Waals surface area contributed by atoms with Gasteiger partial charge in [-0.25, -0.2) is 14.3 Å². The summed E-state index contributed by atoms with van der Waals surface area (Å²) in [6.45, 7) is 9.08. The predicted octanol–water partition coefficient (Wildman–Crippen LogP) is 3.20. The SMILES string of the molecule is CC(C)n1c(=O)c2cnc(Nc3ccc4c(c3)CNCC4)nc2n1-c1ccnc(P(C)(C)=O)c1. The van der Waals surface area contributed by atoms with Gasteiger partial charge in [0.25, 0.3) is 5.56 Å². The molecule has 4 heterocycles. The third kappa shape index (κ3) is 4.06. The molecule has 0 aliphatic carbocycles. The highest BCUT2D eigenvalue weighted by Crippen LogP contribution is 2.34. The number of hydrogen-bond donors (Lipinski definition) is 2. The molecule has 0 fully saturated rings. The number of aromatic nitrogens is 5. The fraction of sp³-hybridized carbons (Fsp3) is 0.333. The maximum atomic E-state index is 13.2. The predicted molar refractivity (Wildman–Crippen MR) is 136 cm³/mol. The second kappa shape index (κ2) is 8.49. The van der Waals surface area contributed by atoms with Crippen molar-refractivity contribution in [2.24, 2.45) is 0 Å². The summed E-state index contributed by atoms with van der Waals surface area (Å²) in [5.74, 6) is 0.400. The van der Waals surface area contributed by atoms with Crippen LogP contribution in [-0.2, 0) is 17.5 Å². The topological polar surface area (TPSA) is 107 Å². The second-order valence-electron chi connectivity index (χ2n) is 9.24. The number of rotatable bonds is 5. The van der Waals surface area contributed by atoms with E-state index in [-0.39, 0.29) is 11.6 Å². The standard InChI is InChI=1S/C24H28N7O2P/c1-15(2)30-23(32)20-14-27-24(28-18-6-5-16-7-9-25-13-17(16)11-18)29-22(20)31(30)19-8-10-26-21(12-19)34(3,4)33/h5-6,8,10-12,14-15,25H,7,9,13H2,1-4H3,(H,27,28,29). The van der Waals surface area contributed by atoms with Gasteiger partial charge in [0.15, 0.2) is 5.65 Å². The molecule has 1 aliphatic heterocycles. The monoisotopic (exact) mass is 477 g/mol. The molecule has 34 heavy (non-hydrogen) atoms. The molecule has 0 radical (unpaired) electrons. The minimum atomic E-state index is -2.59. The van der Waals surface area contributed by atoms with E-state index in [1.165, 1.54) is 11.1 Å². The quantitative estimate of drug-likeness (QED) is 0.425. The Morgan fingerprint density at radius 2 is 1.94 bits per heavy atom. The summed E-state index contributed by atoms with van der Waals surface area (Å²) < 4.78 is 16.1. The molecule has 2 N–H and O–H groups in total. The van der Waals surface area contributed by atoms with Gasteiger partial charge >= 0.3 is 0 Å². The minimum absolute atomic E-state index is 0.127. The van der Waals surface area contributed by atoms with Crippen molar-refractivity contribution in [1.82, 2.24) is 29.6 Å². The Balaban J connectivity index is 1.64. The summed E-state index contributed by atoms with van der Waals surface area (Å²) in [5.41, 5.74) is 4.99. The Bertz CT molecular complexity index is 1500. The lowest BCUT2D eigenvalue weighted by atomic mass is 10.0. The number of nitrogens with zero attached hydrogens (tertiary/aromatic N) is 5. The normalized spacial score (nSPS) is 13.9. The van der Waals surface area contributed by atoms with Crippen LogP contribution in [-0.4, -0.2) is 44.2 Å². The first-order valence-corrected chi connectivity index (χ1v) is 13.9. The number of nitrogens with one attached hydrogen (secondary N) is 2. The molecular weight excluding hydrogens is 449 g/mol. The van der Waals surface area contributed by atoms with E-state index in [0.717, 1.165) is 25.2 Å². The Morgan fingerprint density at radius 1 is 1.12 bits per heavy atom. The number of benzene rings is 1. The fourth-order valence-corrected chi connectivity index (χ4v) is 5.08. The molecule has 0 bridgehead atoms. The Labute approximate surface area is 197 Å². The molecule has 0 spiro atoms. The third-order valence-electron chi connectivity index (χ3n) is 5.99. The first kappa shape index (κ1) is 22.5. The van der Waals surface area contributed by atoms with Gasteiger partial charge in [0.1, 0.15) is 18.0 Å². The van der Waals surface area contributed by atoms with Crippen LogP contribution in [0.4, 0.5) is 11.6 Å². The van der Waals surface area contributed by atoms with Crippen molar-refractivity contribution in [3.8, 4) is 5.69 Å². The number of hydrogen-bond acceptors (Lipinski definition) is 7. The lowest BCUT2D eigenvalue weighted by molar-refractivity contribution is 0.476. The summed E-state index contributed by atoms with van der Waals surface area (Å²) in [4.78, 5) is 26.7. The molecule has 176 valence electrons. The minimum Gasteiger partial charge on any atom is -0.324 e. The molecule has 0 amide bonds. The summed E-state index contributed by atoms with van der Waals surface area (Å²) in [7, 11) is -2.59. The summed E-state index contributed by atoms with van der Waals surface area (Å²) in [6.07, 6.45) is 4.20. The van der Waals surface area contributed by atoms with Crippen molar-refractivity contribution >= 4 is 35.2 Å². The van der Waals surface area contributed by atoms with E-state index in [0.29, 0.717) is 28.1 Å². The molecule has 3 aromatic heterocycles. The van der Waals surface area contributed by atoms with Crippen molar-refractivity contribution in [3.63, 3.8) is 0 Å². The molecule has 0 unspecified atom stereocenters. The van der Waals surface area contributed by atoms with Crippen LogP contribution >= 0.6 is 7.14 Å². The van der Waals surface area contributed by atoms with Crippen LogP contribution in [0.5, 0.6) is 0 Å². The van der Waals surface area contributed by atoms with Crippen LogP contribution < -0.4 is 21.6 Å². The van der Waals surface area contributed by atoms with E-state index in [4.69, 9.17) is 4.98 Å². The Morgan fingerprint density at radius 3 is 2.71 bits per heavy atom. The molecule has 5 rings (SSSR count). The number of anilines is 2. The maximum Gasteiger partial charge on any atom is 0.278 e. The average molecular weight is 478 g/mol. The van der Waals surface area contributed by atoms with Crippen LogP contribution in [0.3, 0.4) is 0 Å². The van der Waals surface area contributed by atoms with Crippen molar-refractivity contribution in [2.45, 2.75) is 32.9 Å². The molecular formula is C24H28N7O2P. The zero-order valence-electron chi connectivity index (χ0n) is 19.7. The molecule has 0 saturated carbocycles. The largest absolute Gasteiger partial charge is 0.324 e. The molecule has 4 aromatic rings. The van der Waals surface area contributed by atoms with Gasteiger partial charge in [-0.3, -0.25) is 9.78 Å². The van der Waals surface area contributed by atoms with Gasteiger partial charge in [0.05, 0.1) is 5.69 Å². The van der Waals surface area contributed by atoms with Gasteiger partial charge in [-0.2, -0.15) is 4.98 Å². The summed E-state index contributed by atoms with van der Waals surface area (Å²) >= 11 is 0. The Hall–Kier alpha value is -3.29. The molecule has 0 atom stereocenters. The molecule has 10 heteroatoms. The first-order chi connectivity index (χ1) is 16.2. The number of fused-ring (bicyclic) bond motifs is 2. The van der Waals surface area contributed by atoms with Crippen LogP contribution in [0.15, 0.2) is 47.5 Å². The molecule has 1 aromatic carbocycles. The first-order valence-electron chi connectivity index (χ1n) is 11.3. The van der Waals surface area contributed by atoms with E-state index in [1.807, 2.05) is 19.9 Å². The van der Waals surface area contributed by atoms with Crippen LogP contribution in [0.2, 0.25) is 0 Å². The van der Waals surface area contributed by atoms with Crippen molar-refractivity contribution < 1.29 is 4.57 Å². The second-order valence-corrected chi connectivity index (χ2v) is 12.4. The smallest absolute Gasteiger partial charge is 0.278 e. The zero-order chi connectivity index (χ0) is 24.0. The third-order valence-corrected chi connectivity index (χ3v) is 7.33. The van der Waals surface area contributed by atoms with Gasteiger partial charge < -0.3 is 15.2 Å². The highest BCUT2D eigenvalue weighted by molar-refractivity contribution is 7.69. The molecule has 1 aliphatic rings. The van der Waals surface area contributed by atoms with Gasteiger partial charge in [0, 0.05) is 30.7 Å². The van der Waals surface area contributed by atoms with E-state index in [1.54, 1.807) is 47.2 Å². The van der Waals surface area contributed by atoms with E-state index < -0.39 is 7.14 Å². The average Bonchev–Trinajstić information content (AvgIpc) is 3.10. The number of pyridine rings is 1. The zero-order valence-corrected chi connectivity index (χ0v) is 20.6. The highest BCUT2D eigenvalue weighted by atomic mass is 31.2. The summed E-state index contributed by atoms with van der Waals surface area (Å²) in [5, 5.41) is 7.10. The maximum absolute atomic E-state index is 13.2. The molecule has 0 saturated heterocycles. The van der Waals surface area contributed by atoms with E-state index in [9.17, 15) is 9.36 Å². The van der Waals surface area contributed by atoms with Crippen LogP contribution in [0.1, 0.15) is 31.0 Å². The fourth-order valence-electron chi connectivity index (χ4n) is 4.30. The van der Waals surface area contributed by atoms with Gasteiger partial charge in [0.2, 0.25) is 5.95 Å². The highest BCUT2D eigenvalue weighted by Gasteiger charge is 2.21. The van der Waals surface area contributed by atoms with Gasteiger partial charge in [-0.05, 0) is 75.5 Å². The van der Waals surface area contributed by atoms with Crippen LogP contribution in [0.25, 0.3) is 16.7 Å². The van der Waals surface area contributed by atoms with E-state index in [2.05, 4.69) is 32.7 Å². The molecule has 9 nitrogen and oxygen atoms in total. The van der Waals surface area contributed by atoms with Crippen molar-refractivity contribution in [2.75, 3.05) is 25.2 Å².